The second-order valence-corrected chi connectivity index (χ2v) is 13.2. The number of pyridine rings is 1. The van der Waals surface area contributed by atoms with Crippen LogP contribution in [0.1, 0.15) is 56.3 Å². The van der Waals surface area contributed by atoms with Gasteiger partial charge >= 0.3 is 6.18 Å². The van der Waals surface area contributed by atoms with Crippen LogP contribution >= 0.6 is 0 Å². The molecule has 0 aromatic carbocycles. The number of halogens is 3. The highest BCUT2D eigenvalue weighted by atomic mass is 32.2. The second kappa shape index (κ2) is 7.29. The first kappa shape index (κ1) is 22.5. The van der Waals surface area contributed by atoms with Crippen LogP contribution in [0.3, 0.4) is 0 Å². The molecule has 6 nitrogen and oxygen atoms in total. The van der Waals surface area contributed by atoms with E-state index in [9.17, 15) is 21.6 Å². The highest BCUT2D eigenvalue weighted by molar-refractivity contribution is 7.92. The van der Waals surface area contributed by atoms with Crippen LogP contribution in [0.25, 0.3) is 11.4 Å². The first-order chi connectivity index (χ1) is 15.9. The van der Waals surface area contributed by atoms with E-state index >= 15 is 0 Å². The molecule has 4 atom stereocenters. The Labute approximate surface area is 197 Å². The fourth-order valence-corrected chi connectivity index (χ4v) is 9.15. The van der Waals surface area contributed by atoms with Gasteiger partial charge in [-0.2, -0.15) is 18.3 Å². The molecule has 2 aliphatic heterocycles. The molecule has 0 radical (unpaired) electrons. The zero-order chi connectivity index (χ0) is 24.0. The van der Waals surface area contributed by atoms with E-state index < -0.39 is 21.6 Å². The number of sulfone groups is 1. The first-order valence-corrected chi connectivity index (χ1v) is 13.8. The Kier molecular flexibility index (Phi) is 4.83. The van der Waals surface area contributed by atoms with Crippen molar-refractivity contribution in [2.75, 3.05) is 24.6 Å². The van der Waals surface area contributed by atoms with Gasteiger partial charge in [0.1, 0.15) is 5.69 Å². The van der Waals surface area contributed by atoms with Crippen LogP contribution in [0.15, 0.2) is 24.4 Å². The maximum absolute atomic E-state index is 13.2. The molecule has 2 saturated carbocycles. The van der Waals surface area contributed by atoms with Crippen LogP contribution in [-0.4, -0.2) is 58.7 Å². The molecule has 4 aliphatic rings. The largest absolute Gasteiger partial charge is 0.416 e. The van der Waals surface area contributed by atoms with E-state index in [0.29, 0.717) is 41.0 Å². The maximum atomic E-state index is 13.2. The summed E-state index contributed by atoms with van der Waals surface area (Å²) in [7, 11) is -2.82. The lowest BCUT2D eigenvalue weighted by molar-refractivity contribution is -0.137. The van der Waals surface area contributed by atoms with Crippen molar-refractivity contribution in [2.24, 2.45) is 17.3 Å². The lowest BCUT2D eigenvalue weighted by atomic mass is 9.91. The van der Waals surface area contributed by atoms with Crippen molar-refractivity contribution >= 4 is 9.84 Å². The van der Waals surface area contributed by atoms with Crippen LogP contribution in [-0.2, 0) is 16.0 Å². The van der Waals surface area contributed by atoms with Gasteiger partial charge in [0.2, 0.25) is 0 Å². The molecule has 0 amide bonds. The van der Waals surface area contributed by atoms with Crippen molar-refractivity contribution in [2.45, 2.75) is 57.3 Å². The standard InChI is InChI=1S/C24H29F3N4O2S/c1-14(2)31-21(10-20(29-31)19-7-15(3-5-28-19)24(25,26)27)22-17-8-16(9-18(17)22)30-6-4-23(11-30)12-34(32,33)13-23/h3,5,7,10,14,16-18,22H,4,6,8-9,11-13H2,1-2H3/t16?,17-,18+,22?. The zero-order valence-electron chi connectivity index (χ0n) is 19.3. The van der Waals surface area contributed by atoms with Gasteiger partial charge in [-0.3, -0.25) is 14.6 Å². The smallest absolute Gasteiger partial charge is 0.300 e. The number of aromatic nitrogens is 3. The van der Waals surface area contributed by atoms with Crippen LogP contribution in [0.5, 0.6) is 0 Å². The van der Waals surface area contributed by atoms with Crippen LogP contribution in [0, 0.1) is 17.3 Å². The van der Waals surface area contributed by atoms with Gasteiger partial charge in [0, 0.05) is 41.9 Å². The Morgan fingerprint density at radius 2 is 1.82 bits per heavy atom. The summed E-state index contributed by atoms with van der Waals surface area (Å²) in [4.78, 5) is 6.67. The van der Waals surface area contributed by atoms with Crippen molar-refractivity contribution in [1.29, 1.82) is 0 Å². The van der Waals surface area contributed by atoms with E-state index in [1.165, 1.54) is 6.20 Å². The highest BCUT2D eigenvalue weighted by Crippen LogP contribution is 2.64. The third-order valence-electron chi connectivity index (χ3n) is 8.40. The van der Waals surface area contributed by atoms with Gasteiger partial charge in [0.05, 0.1) is 22.8 Å². The van der Waals surface area contributed by atoms with Crippen LogP contribution < -0.4 is 0 Å². The van der Waals surface area contributed by atoms with Crippen LogP contribution in [0.4, 0.5) is 13.2 Å². The molecule has 2 saturated heterocycles. The van der Waals surface area contributed by atoms with E-state index in [2.05, 4.69) is 15.0 Å². The maximum Gasteiger partial charge on any atom is 0.416 e. The molecule has 0 N–H and O–H groups in total. The number of hydrogen-bond acceptors (Lipinski definition) is 5. The minimum absolute atomic E-state index is 0.00582. The molecule has 2 aromatic heterocycles. The number of rotatable bonds is 4. The topological polar surface area (TPSA) is 68.1 Å². The summed E-state index contributed by atoms with van der Waals surface area (Å²) in [6.45, 7) is 5.96. The lowest BCUT2D eigenvalue weighted by Gasteiger charge is -2.38. The average Bonchev–Trinajstić information content (AvgIpc) is 3.18. The number of nitrogens with zero attached hydrogens (tertiary/aromatic N) is 4. The molecule has 34 heavy (non-hydrogen) atoms. The Morgan fingerprint density at radius 1 is 1.12 bits per heavy atom. The minimum atomic E-state index is -4.42. The first-order valence-electron chi connectivity index (χ1n) is 12.0. The van der Waals surface area contributed by atoms with Crippen molar-refractivity contribution in [3.63, 3.8) is 0 Å². The number of likely N-dealkylation sites (tertiary alicyclic amines) is 1. The van der Waals surface area contributed by atoms with E-state index in [4.69, 9.17) is 0 Å². The molecule has 4 fully saturated rings. The predicted molar refractivity (Wildman–Crippen MR) is 121 cm³/mol. The lowest BCUT2D eigenvalue weighted by Crippen LogP contribution is -2.50. The second-order valence-electron chi connectivity index (χ2n) is 11.2. The van der Waals surface area contributed by atoms with Gasteiger partial charge in [-0.25, -0.2) is 8.42 Å². The van der Waals surface area contributed by atoms with E-state index in [0.717, 1.165) is 50.2 Å². The Bertz CT molecular complexity index is 1220. The molecule has 2 aliphatic carbocycles. The summed E-state index contributed by atoms with van der Waals surface area (Å²) in [6, 6.07) is 4.60. The molecule has 184 valence electrons. The molecule has 1 spiro atoms. The molecular formula is C24H29F3N4O2S. The molecule has 2 aromatic rings. The normalized spacial score (nSPS) is 31.7. The van der Waals surface area contributed by atoms with Gasteiger partial charge in [0.15, 0.2) is 9.84 Å². The van der Waals surface area contributed by atoms with Gasteiger partial charge in [-0.15, -0.1) is 0 Å². The van der Waals surface area contributed by atoms with Crippen LogP contribution in [0.2, 0.25) is 0 Å². The Hall–Kier alpha value is -1.94. The number of fused-ring (bicyclic) bond motifs is 1. The number of hydrogen-bond donors (Lipinski definition) is 0. The minimum Gasteiger partial charge on any atom is -0.300 e. The van der Waals surface area contributed by atoms with E-state index in [1.54, 1.807) is 0 Å². The Balaban J connectivity index is 1.17. The fourth-order valence-electron chi connectivity index (χ4n) is 6.90. The Morgan fingerprint density at radius 3 is 2.44 bits per heavy atom. The summed E-state index contributed by atoms with van der Waals surface area (Å²) < 4.78 is 64.9. The SMILES string of the molecule is CC(C)n1nc(-c2cc(C(F)(F)F)ccn2)cc1C1[C@H]2CC(N3CCC4(C3)CS(=O)(=O)C4)C[C@@H]12. The highest BCUT2D eigenvalue weighted by Gasteiger charge is 2.60. The molecule has 2 unspecified atom stereocenters. The van der Waals surface area contributed by atoms with Crippen molar-refractivity contribution in [3.05, 3.63) is 35.7 Å². The molecule has 10 heteroatoms. The molecule has 4 heterocycles. The average molecular weight is 495 g/mol. The van der Waals surface area contributed by atoms with Gasteiger partial charge in [0.25, 0.3) is 0 Å². The fraction of sp³-hybridized carbons (Fsp3) is 0.667. The van der Waals surface area contributed by atoms with E-state index in [1.807, 2.05) is 24.6 Å². The van der Waals surface area contributed by atoms with Gasteiger partial charge in [-0.05, 0) is 69.7 Å². The molecule has 0 bridgehead atoms. The summed E-state index contributed by atoms with van der Waals surface area (Å²) in [6.07, 6.45) is -0.0492. The zero-order valence-corrected chi connectivity index (χ0v) is 20.1. The van der Waals surface area contributed by atoms with E-state index in [-0.39, 0.29) is 17.2 Å². The quantitative estimate of drug-likeness (QED) is 0.639. The summed E-state index contributed by atoms with van der Waals surface area (Å²) in [5, 5.41) is 4.66. The molecular weight excluding hydrogens is 465 g/mol. The van der Waals surface area contributed by atoms with Crippen molar-refractivity contribution in [1.82, 2.24) is 19.7 Å². The number of alkyl halides is 3. The summed E-state index contributed by atoms with van der Waals surface area (Å²) in [5.74, 6) is 2.19. The van der Waals surface area contributed by atoms with Gasteiger partial charge in [-0.1, -0.05) is 0 Å². The predicted octanol–water partition coefficient (Wildman–Crippen LogP) is 4.16. The summed E-state index contributed by atoms with van der Waals surface area (Å²) in [5.41, 5.74) is 1.11. The van der Waals surface area contributed by atoms with Crippen molar-refractivity contribution in [3.8, 4) is 11.4 Å². The summed E-state index contributed by atoms with van der Waals surface area (Å²) >= 11 is 0. The monoisotopic (exact) mass is 494 g/mol. The third kappa shape index (κ3) is 3.68. The molecule has 6 rings (SSSR count). The van der Waals surface area contributed by atoms with Gasteiger partial charge < -0.3 is 0 Å². The van der Waals surface area contributed by atoms with Crippen molar-refractivity contribution < 1.29 is 21.6 Å². The third-order valence-corrected chi connectivity index (χ3v) is 10.5.